The van der Waals surface area contributed by atoms with Gasteiger partial charge in [-0.2, -0.15) is 13.2 Å². The lowest BCUT2D eigenvalue weighted by atomic mass is 9.77. The van der Waals surface area contributed by atoms with Crippen LogP contribution in [0.5, 0.6) is 0 Å². The Balaban J connectivity index is 1.56. The molecule has 2 aliphatic carbocycles. The highest BCUT2D eigenvalue weighted by Gasteiger charge is 2.63. The van der Waals surface area contributed by atoms with Gasteiger partial charge in [0.2, 0.25) is 5.91 Å². The Bertz CT molecular complexity index is 1040. The van der Waals surface area contributed by atoms with Crippen LogP contribution in [-0.4, -0.2) is 12.1 Å². The molecule has 1 amide bonds. The monoisotopic (exact) mass is 437 g/mol. The summed E-state index contributed by atoms with van der Waals surface area (Å²) in [5, 5.41) is 2.72. The molecule has 166 valence electrons. The molecule has 0 aliphatic heterocycles. The van der Waals surface area contributed by atoms with Gasteiger partial charge in [0, 0.05) is 12.1 Å². The maximum Gasteiger partial charge on any atom is 0.395 e. The summed E-state index contributed by atoms with van der Waals surface area (Å²) < 4.78 is 66.6. The highest BCUT2D eigenvalue weighted by atomic mass is 19.4. The Hall–Kier alpha value is -2.44. The molecule has 1 N–H and O–H groups in total. The highest BCUT2D eigenvalue weighted by molar-refractivity contribution is 5.93. The summed E-state index contributed by atoms with van der Waals surface area (Å²) in [4.78, 5) is 12.5. The van der Waals surface area contributed by atoms with Crippen molar-refractivity contribution >= 4 is 11.6 Å². The predicted octanol–water partition coefficient (Wildman–Crippen LogP) is 6.53. The van der Waals surface area contributed by atoms with E-state index in [2.05, 4.69) is 5.32 Å². The first kappa shape index (κ1) is 21.8. The van der Waals surface area contributed by atoms with E-state index >= 15 is 0 Å². The topological polar surface area (TPSA) is 29.1 Å². The van der Waals surface area contributed by atoms with Crippen LogP contribution in [0.15, 0.2) is 24.3 Å². The smallest absolute Gasteiger partial charge is 0.326 e. The molecule has 0 aromatic heterocycles. The molecule has 0 radical (unpaired) electrons. The molecule has 1 saturated carbocycles. The fourth-order valence-electron chi connectivity index (χ4n) is 4.74. The number of fused-ring (bicyclic) bond motifs is 1. The number of aryl methyl sites for hydroxylation is 2. The Morgan fingerprint density at radius 2 is 1.84 bits per heavy atom. The number of rotatable bonds is 4. The molecular weight excluding hydrogens is 413 g/mol. The molecule has 2 aromatic carbocycles. The first-order valence-electron chi connectivity index (χ1n) is 10.4. The van der Waals surface area contributed by atoms with E-state index in [-0.39, 0.29) is 18.8 Å². The van der Waals surface area contributed by atoms with Crippen molar-refractivity contribution in [1.82, 2.24) is 0 Å². The summed E-state index contributed by atoms with van der Waals surface area (Å²) in [6, 6.07) is 5.91. The number of nitrogens with one attached hydrogen (secondary N) is 1. The first-order chi connectivity index (χ1) is 14.5. The van der Waals surface area contributed by atoms with E-state index in [9.17, 15) is 26.7 Å². The molecule has 2 aliphatic rings. The molecule has 2 nitrogen and oxygen atoms in total. The Morgan fingerprint density at radius 3 is 2.45 bits per heavy atom. The summed E-state index contributed by atoms with van der Waals surface area (Å²) in [5.74, 6) is -2.39. The van der Waals surface area contributed by atoms with E-state index < -0.39 is 35.6 Å². The number of hydrogen-bond donors (Lipinski definition) is 1. The maximum absolute atomic E-state index is 13.7. The molecule has 1 unspecified atom stereocenters. The summed E-state index contributed by atoms with van der Waals surface area (Å²) in [5.41, 5.74) is 3.16. The molecule has 1 atom stereocenters. The lowest BCUT2D eigenvalue weighted by Crippen LogP contribution is -2.30. The normalized spacial score (nSPS) is 19.6. The molecule has 0 bridgehead atoms. The van der Waals surface area contributed by atoms with Crippen molar-refractivity contribution in [2.75, 3.05) is 5.32 Å². The van der Waals surface area contributed by atoms with Gasteiger partial charge >= 0.3 is 6.18 Å². The molecule has 31 heavy (non-hydrogen) atoms. The highest BCUT2D eigenvalue weighted by Crippen LogP contribution is 2.60. The molecule has 4 rings (SSSR count). The quantitative estimate of drug-likeness (QED) is 0.542. The second kappa shape index (κ2) is 7.61. The minimum Gasteiger partial charge on any atom is -0.326 e. The molecule has 0 heterocycles. The molecule has 1 fully saturated rings. The van der Waals surface area contributed by atoms with Crippen LogP contribution in [0.3, 0.4) is 0 Å². The van der Waals surface area contributed by atoms with Crippen LogP contribution in [0.1, 0.15) is 59.4 Å². The third-order valence-electron chi connectivity index (χ3n) is 6.85. The Kier molecular flexibility index (Phi) is 5.34. The number of alkyl halides is 3. The fraction of sp³-hybridized carbons (Fsp3) is 0.458. The van der Waals surface area contributed by atoms with Crippen LogP contribution in [0.2, 0.25) is 0 Å². The lowest BCUT2D eigenvalue weighted by molar-refractivity contribution is -0.189. The fourth-order valence-corrected chi connectivity index (χ4v) is 4.74. The average Bonchev–Trinajstić information content (AvgIpc) is 3.48. The van der Waals surface area contributed by atoms with Crippen molar-refractivity contribution in [3.05, 3.63) is 63.7 Å². The number of anilines is 1. The predicted molar refractivity (Wildman–Crippen MR) is 108 cm³/mol. The largest absolute Gasteiger partial charge is 0.395 e. The molecule has 2 aromatic rings. The van der Waals surface area contributed by atoms with E-state index in [1.807, 2.05) is 19.9 Å². The zero-order valence-electron chi connectivity index (χ0n) is 17.4. The van der Waals surface area contributed by atoms with Crippen molar-refractivity contribution in [2.24, 2.45) is 5.41 Å². The number of halogens is 5. The van der Waals surface area contributed by atoms with Crippen LogP contribution >= 0.6 is 0 Å². The Morgan fingerprint density at radius 1 is 1.13 bits per heavy atom. The number of amides is 1. The lowest BCUT2D eigenvalue weighted by Gasteiger charge is -2.29. The van der Waals surface area contributed by atoms with Crippen LogP contribution in [-0.2, 0) is 17.6 Å². The van der Waals surface area contributed by atoms with Crippen LogP contribution in [0.4, 0.5) is 27.6 Å². The van der Waals surface area contributed by atoms with Gasteiger partial charge in [-0.3, -0.25) is 4.79 Å². The van der Waals surface area contributed by atoms with Gasteiger partial charge in [-0.15, -0.1) is 0 Å². The van der Waals surface area contributed by atoms with Crippen molar-refractivity contribution < 1.29 is 26.7 Å². The average molecular weight is 437 g/mol. The number of carbonyl (C=O) groups excluding carboxylic acids is 1. The van der Waals surface area contributed by atoms with Gasteiger partial charge in [-0.05, 0) is 91.8 Å². The Labute approximate surface area is 177 Å². The third kappa shape index (κ3) is 4.06. The van der Waals surface area contributed by atoms with Crippen molar-refractivity contribution in [3.8, 4) is 0 Å². The van der Waals surface area contributed by atoms with Crippen molar-refractivity contribution in [2.45, 2.75) is 64.5 Å². The summed E-state index contributed by atoms with van der Waals surface area (Å²) in [7, 11) is 0. The van der Waals surface area contributed by atoms with Gasteiger partial charge in [-0.25, -0.2) is 8.78 Å². The first-order valence-corrected chi connectivity index (χ1v) is 10.4. The molecule has 0 spiro atoms. The van der Waals surface area contributed by atoms with Crippen molar-refractivity contribution in [3.63, 3.8) is 0 Å². The van der Waals surface area contributed by atoms with Gasteiger partial charge in [0.25, 0.3) is 0 Å². The zero-order valence-corrected chi connectivity index (χ0v) is 17.4. The van der Waals surface area contributed by atoms with Crippen molar-refractivity contribution in [1.29, 1.82) is 0 Å². The summed E-state index contributed by atoms with van der Waals surface area (Å²) in [6.07, 6.45) is -2.82. The van der Waals surface area contributed by atoms with E-state index in [4.69, 9.17) is 0 Å². The van der Waals surface area contributed by atoms with Gasteiger partial charge in [0.1, 0.15) is 0 Å². The summed E-state index contributed by atoms with van der Waals surface area (Å²) >= 11 is 0. The van der Waals surface area contributed by atoms with E-state index in [0.717, 1.165) is 46.7 Å². The van der Waals surface area contributed by atoms with Crippen LogP contribution < -0.4 is 5.32 Å². The third-order valence-corrected chi connectivity index (χ3v) is 6.85. The maximum atomic E-state index is 13.7. The van der Waals surface area contributed by atoms with E-state index in [1.165, 1.54) is 6.07 Å². The minimum atomic E-state index is -4.37. The van der Waals surface area contributed by atoms with Gasteiger partial charge in [0.05, 0.1) is 5.41 Å². The van der Waals surface area contributed by atoms with Crippen LogP contribution in [0, 0.1) is 30.9 Å². The van der Waals surface area contributed by atoms with Gasteiger partial charge in [0.15, 0.2) is 11.6 Å². The summed E-state index contributed by atoms with van der Waals surface area (Å²) in [6.45, 7) is 3.69. The molecular formula is C24H24F5NO. The number of carbonyl (C=O) groups is 1. The van der Waals surface area contributed by atoms with Crippen LogP contribution in [0.25, 0.3) is 0 Å². The second-order valence-electron chi connectivity index (χ2n) is 8.95. The van der Waals surface area contributed by atoms with Gasteiger partial charge in [-0.1, -0.05) is 12.1 Å². The zero-order chi connectivity index (χ0) is 22.6. The van der Waals surface area contributed by atoms with E-state index in [0.29, 0.717) is 12.1 Å². The number of hydrogen-bond acceptors (Lipinski definition) is 1. The van der Waals surface area contributed by atoms with E-state index in [1.54, 1.807) is 6.07 Å². The number of benzene rings is 2. The minimum absolute atomic E-state index is 0.00696. The molecule has 0 saturated heterocycles. The van der Waals surface area contributed by atoms with Gasteiger partial charge < -0.3 is 5.32 Å². The molecule has 7 heteroatoms. The SMILES string of the molecule is Cc1cc2c(c(C)c1NC(=O)CC1(C(F)(F)F)CC1)CC(c1ccc(F)c(F)c1)CC2. The second-order valence-corrected chi connectivity index (χ2v) is 8.95. The standard InChI is InChI=1S/C24H24F5NO/c1-13-9-17-4-3-15(16-5-6-19(25)20(26)11-16)10-18(17)14(2)22(13)30-21(31)12-23(7-8-23)24(27,28)29/h5-6,9,11,15H,3-4,7-8,10,12H2,1-2H3,(H,30,31).